The number of rotatable bonds is 4. The van der Waals surface area contributed by atoms with E-state index in [4.69, 9.17) is 9.84 Å². The first kappa shape index (κ1) is 15.9. The van der Waals surface area contributed by atoms with Gasteiger partial charge in [0.15, 0.2) is 0 Å². The van der Waals surface area contributed by atoms with Crippen LogP contribution in [0, 0.1) is 11.8 Å². The highest BCUT2D eigenvalue weighted by Crippen LogP contribution is 2.23. The molecule has 21 heavy (non-hydrogen) atoms. The van der Waals surface area contributed by atoms with Gasteiger partial charge in [-0.2, -0.15) is 0 Å². The molecule has 1 heterocycles. The minimum Gasteiger partial charge on any atom is -0.495 e. The molecule has 0 spiro atoms. The van der Waals surface area contributed by atoms with E-state index in [1.165, 1.54) is 31.4 Å². The Hall–Kier alpha value is -1.50. The van der Waals surface area contributed by atoms with Crippen molar-refractivity contribution in [3.63, 3.8) is 0 Å². The molecular formula is C18H25NO2. The van der Waals surface area contributed by atoms with Gasteiger partial charge >= 0.3 is 0 Å². The molecule has 0 aromatic heterocycles. The zero-order valence-electron chi connectivity index (χ0n) is 13.1. The van der Waals surface area contributed by atoms with E-state index in [1.54, 1.807) is 7.11 Å². The average molecular weight is 287 g/mol. The number of aliphatic hydroxyl groups excluding tert-OH is 1. The van der Waals surface area contributed by atoms with Gasteiger partial charge in [0, 0.05) is 19.0 Å². The topological polar surface area (TPSA) is 32.7 Å². The number of hydrogen-bond acceptors (Lipinski definition) is 3. The Morgan fingerprint density at radius 1 is 1.38 bits per heavy atom. The summed E-state index contributed by atoms with van der Waals surface area (Å²) in [7, 11) is 1.67. The Kier molecular flexibility index (Phi) is 6.10. The zero-order chi connectivity index (χ0) is 15.1. The fourth-order valence-corrected chi connectivity index (χ4v) is 2.79. The molecule has 3 nitrogen and oxygen atoms in total. The van der Waals surface area contributed by atoms with Crippen molar-refractivity contribution >= 4 is 0 Å². The first-order chi connectivity index (χ1) is 10.2. The van der Waals surface area contributed by atoms with Crippen LogP contribution in [0.2, 0.25) is 0 Å². The molecule has 114 valence electrons. The molecule has 0 aliphatic carbocycles. The highest BCUT2D eigenvalue weighted by Gasteiger charge is 2.18. The lowest BCUT2D eigenvalue weighted by molar-refractivity contribution is 0.152. The smallest absolute Gasteiger partial charge is 0.134 e. The van der Waals surface area contributed by atoms with Crippen LogP contribution in [-0.4, -0.2) is 36.3 Å². The molecule has 1 aliphatic heterocycles. The molecule has 1 aliphatic rings. The third-order valence-electron chi connectivity index (χ3n) is 4.05. The number of likely N-dealkylation sites (tertiary alicyclic amines) is 1. The second-order valence-electron chi connectivity index (χ2n) is 5.63. The third kappa shape index (κ3) is 4.49. The minimum absolute atomic E-state index is 0.0975. The molecule has 0 amide bonds. The highest BCUT2D eigenvalue weighted by atomic mass is 16.5. The van der Waals surface area contributed by atoms with Gasteiger partial charge < -0.3 is 9.84 Å². The summed E-state index contributed by atoms with van der Waals surface area (Å²) < 4.78 is 5.36. The van der Waals surface area contributed by atoms with Crippen LogP contribution < -0.4 is 4.74 Å². The predicted molar refractivity (Wildman–Crippen MR) is 85.3 cm³/mol. The summed E-state index contributed by atoms with van der Waals surface area (Å²) in [5.41, 5.74) is 2.19. The number of methoxy groups -OCH3 is 1. The van der Waals surface area contributed by atoms with Crippen LogP contribution in [0.25, 0.3) is 0 Å². The van der Waals surface area contributed by atoms with Crippen molar-refractivity contribution < 1.29 is 9.84 Å². The maximum absolute atomic E-state index is 8.83. The molecule has 1 N–H and O–H groups in total. The molecule has 1 aromatic carbocycles. The monoisotopic (exact) mass is 287 g/mol. The number of benzene rings is 1. The predicted octanol–water partition coefficient (Wildman–Crippen LogP) is 2.80. The van der Waals surface area contributed by atoms with Gasteiger partial charge in [0.25, 0.3) is 0 Å². The van der Waals surface area contributed by atoms with Gasteiger partial charge in [0.2, 0.25) is 0 Å². The van der Waals surface area contributed by atoms with Crippen molar-refractivity contribution in [2.24, 2.45) is 0 Å². The van der Waals surface area contributed by atoms with E-state index in [1.807, 2.05) is 6.07 Å². The number of piperidine rings is 1. The van der Waals surface area contributed by atoms with Crippen molar-refractivity contribution in [1.29, 1.82) is 0 Å². The van der Waals surface area contributed by atoms with E-state index >= 15 is 0 Å². The van der Waals surface area contributed by atoms with E-state index in [2.05, 4.69) is 35.8 Å². The molecule has 2 rings (SSSR count). The Labute approximate surface area is 127 Å². The molecule has 0 saturated carbocycles. The SMILES string of the molecule is COc1ccc(CN2CCCCC2C)cc1C#CCCO. The van der Waals surface area contributed by atoms with Gasteiger partial charge in [-0.3, -0.25) is 4.90 Å². The Balaban J connectivity index is 2.13. The first-order valence-electron chi connectivity index (χ1n) is 7.75. The summed E-state index contributed by atoms with van der Waals surface area (Å²) in [6, 6.07) is 6.89. The molecule has 0 bridgehead atoms. The second-order valence-corrected chi connectivity index (χ2v) is 5.63. The molecule has 1 aromatic rings. The summed E-state index contributed by atoms with van der Waals surface area (Å²) in [6.07, 6.45) is 4.43. The zero-order valence-corrected chi connectivity index (χ0v) is 13.1. The van der Waals surface area contributed by atoms with Crippen molar-refractivity contribution in [3.8, 4) is 17.6 Å². The summed E-state index contributed by atoms with van der Waals surface area (Å²) in [6.45, 7) is 4.56. The fraction of sp³-hybridized carbons (Fsp3) is 0.556. The number of nitrogens with zero attached hydrogens (tertiary/aromatic N) is 1. The Morgan fingerprint density at radius 2 is 2.24 bits per heavy atom. The number of ether oxygens (including phenoxy) is 1. The van der Waals surface area contributed by atoms with Crippen molar-refractivity contribution in [3.05, 3.63) is 29.3 Å². The van der Waals surface area contributed by atoms with Crippen molar-refractivity contribution in [2.75, 3.05) is 20.3 Å². The van der Waals surface area contributed by atoms with Crippen LogP contribution in [0.15, 0.2) is 18.2 Å². The van der Waals surface area contributed by atoms with Gasteiger partial charge in [0.05, 0.1) is 19.3 Å². The fourth-order valence-electron chi connectivity index (χ4n) is 2.79. The highest BCUT2D eigenvalue weighted by molar-refractivity contribution is 5.48. The van der Waals surface area contributed by atoms with Crippen LogP contribution in [0.3, 0.4) is 0 Å². The van der Waals surface area contributed by atoms with Crippen LogP contribution in [-0.2, 0) is 6.54 Å². The van der Waals surface area contributed by atoms with Gasteiger partial charge in [-0.15, -0.1) is 0 Å². The summed E-state index contributed by atoms with van der Waals surface area (Å²) in [5, 5.41) is 8.83. The Bertz CT molecular complexity index is 516. The van der Waals surface area contributed by atoms with Crippen LogP contribution >= 0.6 is 0 Å². The maximum atomic E-state index is 8.83. The van der Waals surface area contributed by atoms with E-state index in [9.17, 15) is 0 Å². The third-order valence-corrected chi connectivity index (χ3v) is 4.05. The van der Waals surface area contributed by atoms with Gasteiger partial charge in [-0.1, -0.05) is 24.3 Å². The summed E-state index contributed by atoms with van der Waals surface area (Å²) >= 11 is 0. The van der Waals surface area contributed by atoms with Crippen LogP contribution in [0.1, 0.15) is 43.7 Å². The lowest BCUT2D eigenvalue weighted by Crippen LogP contribution is -2.36. The van der Waals surface area contributed by atoms with Crippen molar-refractivity contribution in [2.45, 2.75) is 45.2 Å². The minimum atomic E-state index is 0.0975. The Morgan fingerprint density at radius 3 is 2.95 bits per heavy atom. The van der Waals surface area contributed by atoms with Gasteiger partial charge in [-0.25, -0.2) is 0 Å². The van der Waals surface area contributed by atoms with E-state index in [0.29, 0.717) is 12.5 Å². The molecule has 1 atom stereocenters. The lowest BCUT2D eigenvalue weighted by Gasteiger charge is -2.33. The number of hydrogen-bond donors (Lipinski definition) is 1. The summed E-state index contributed by atoms with van der Waals surface area (Å²) in [5.74, 6) is 6.87. The van der Waals surface area contributed by atoms with E-state index in [0.717, 1.165) is 17.9 Å². The largest absolute Gasteiger partial charge is 0.495 e. The maximum Gasteiger partial charge on any atom is 0.134 e. The van der Waals surface area contributed by atoms with Gasteiger partial charge in [0.1, 0.15) is 5.75 Å². The standard InChI is InChI=1S/C18H25NO2/c1-15-7-3-5-11-19(15)14-16-9-10-18(21-2)17(13-16)8-4-6-12-20/h9-10,13,15,20H,3,5-7,11-12,14H2,1-2H3. The normalized spacial score (nSPS) is 18.9. The molecule has 0 radical (unpaired) electrons. The van der Waals surface area contributed by atoms with Crippen LogP contribution in [0.5, 0.6) is 5.75 Å². The van der Waals surface area contributed by atoms with E-state index < -0.39 is 0 Å². The molecule has 1 fully saturated rings. The molecular weight excluding hydrogens is 262 g/mol. The van der Waals surface area contributed by atoms with E-state index in [-0.39, 0.29) is 6.61 Å². The first-order valence-corrected chi connectivity index (χ1v) is 7.75. The summed E-state index contributed by atoms with van der Waals surface area (Å²) in [4.78, 5) is 2.54. The van der Waals surface area contributed by atoms with Gasteiger partial charge in [-0.05, 0) is 44.0 Å². The number of aliphatic hydroxyl groups is 1. The lowest BCUT2D eigenvalue weighted by atomic mass is 10.0. The second kappa shape index (κ2) is 8.07. The molecule has 3 heteroatoms. The van der Waals surface area contributed by atoms with Crippen LogP contribution in [0.4, 0.5) is 0 Å². The quantitative estimate of drug-likeness (QED) is 0.864. The molecule has 1 saturated heterocycles. The van der Waals surface area contributed by atoms with Crippen molar-refractivity contribution in [1.82, 2.24) is 4.90 Å². The average Bonchev–Trinajstić information content (AvgIpc) is 2.50. The molecule has 1 unspecified atom stereocenters.